The molecule has 3 aromatic carbocycles. The van der Waals surface area contributed by atoms with E-state index in [1.165, 1.54) is 18.9 Å². The van der Waals surface area contributed by atoms with E-state index in [0.29, 0.717) is 23.8 Å². The largest absolute Gasteiger partial charge is 0.497 e. The van der Waals surface area contributed by atoms with Crippen LogP contribution in [0.4, 0.5) is 4.39 Å². The van der Waals surface area contributed by atoms with E-state index in [1.807, 2.05) is 49.4 Å². The number of methoxy groups -OCH3 is 1. The summed E-state index contributed by atoms with van der Waals surface area (Å²) in [5, 5.41) is 9.32. The third kappa shape index (κ3) is 5.92. The highest BCUT2D eigenvalue weighted by Gasteiger charge is 2.27. The van der Waals surface area contributed by atoms with Crippen LogP contribution >= 0.6 is 0 Å². The molecule has 5 heteroatoms. The van der Waals surface area contributed by atoms with Crippen LogP contribution in [0.5, 0.6) is 11.5 Å². The number of rotatable bonds is 10. The molecule has 172 valence electrons. The van der Waals surface area contributed by atoms with Gasteiger partial charge >= 0.3 is 5.97 Å². The number of aliphatic carboxylic acids is 1. The summed E-state index contributed by atoms with van der Waals surface area (Å²) in [5.74, 6) is 0.935. The molecule has 0 saturated heterocycles. The first-order valence-corrected chi connectivity index (χ1v) is 11.3. The monoisotopic (exact) mass is 448 g/mol. The van der Waals surface area contributed by atoms with Gasteiger partial charge in [-0.3, -0.25) is 4.79 Å². The minimum absolute atomic E-state index is 0.0119. The van der Waals surface area contributed by atoms with E-state index in [0.717, 1.165) is 34.4 Å². The van der Waals surface area contributed by atoms with Crippen LogP contribution in [0.1, 0.15) is 48.3 Å². The number of carbonyl (C=O) groups is 1. The second kappa shape index (κ2) is 10.1. The van der Waals surface area contributed by atoms with E-state index >= 15 is 0 Å². The van der Waals surface area contributed by atoms with E-state index in [9.17, 15) is 14.3 Å². The molecule has 1 N–H and O–H groups in total. The third-order valence-electron chi connectivity index (χ3n) is 6.23. The number of hydrogen-bond acceptors (Lipinski definition) is 3. The molecule has 4 rings (SSSR count). The molecule has 1 fully saturated rings. The number of carboxylic acids is 1. The average molecular weight is 449 g/mol. The first-order valence-electron chi connectivity index (χ1n) is 11.3. The molecular weight excluding hydrogens is 419 g/mol. The van der Waals surface area contributed by atoms with Crippen LogP contribution in [-0.4, -0.2) is 18.2 Å². The molecule has 1 saturated carbocycles. The fourth-order valence-electron chi connectivity index (χ4n) is 4.28. The fourth-order valence-corrected chi connectivity index (χ4v) is 4.28. The number of ether oxygens (including phenoxy) is 2. The normalized spacial score (nSPS) is 14.0. The lowest BCUT2D eigenvalue weighted by molar-refractivity contribution is -0.137. The quantitative estimate of drug-likeness (QED) is 0.373. The van der Waals surface area contributed by atoms with Gasteiger partial charge in [0.25, 0.3) is 0 Å². The maximum absolute atomic E-state index is 14.4. The summed E-state index contributed by atoms with van der Waals surface area (Å²) in [6.07, 6.45) is 3.45. The average Bonchev–Trinajstić information content (AvgIpc) is 3.62. The minimum Gasteiger partial charge on any atom is -0.497 e. The highest BCUT2D eigenvalue weighted by atomic mass is 19.1. The SMILES string of the molecule is COc1ccc(F)c(-c2ccc(COc3cccc([C@H](CC(=O)O)CC4CC4)c3)cc2C)c1. The Morgan fingerprint density at radius 1 is 1.06 bits per heavy atom. The van der Waals surface area contributed by atoms with Crippen LogP contribution in [0.25, 0.3) is 11.1 Å². The topological polar surface area (TPSA) is 55.8 Å². The van der Waals surface area contributed by atoms with Crippen molar-refractivity contribution in [1.29, 1.82) is 0 Å². The van der Waals surface area contributed by atoms with Crippen molar-refractivity contribution in [2.24, 2.45) is 5.92 Å². The number of carboxylic acid groups (broad SMARTS) is 1. The van der Waals surface area contributed by atoms with Crippen LogP contribution < -0.4 is 9.47 Å². The van der Waals surface area contributed by atoms with Crippen molar-refractivity contribution in [3.05, 3.63) is 83.2 Å². The zero-order valence-corrected chi connectivity index (χ0v) is 19.0. The summed E-state index contributed by atoms with van der Waals surface area (Å²) < 4.78 is 25.7. The molecule has 0 amide bonds. The summed E-state index contributed by atoms with van der Waals surface area (Å²) >= 11 is 0. The second-order valence-corrected chi connectivity index (χ2v) is 8.83. The van der Waals surface area contributed by atoms with Gasteiger partial charge in [-0.1, -0.05) is 43.2 Å². The van der Waals surface area contributed by atoms with E-state index in [1.54, 1.807) is 19.2 Å². The van der Waals surface area contributed by atoms with Gasteiger partial charge < -0.3 is 14.6 Å². The maximum atomic E-state index is 14.4. The van der Waals surface area contributed by atoms with Crippen molar-refractivity contribution in [3.8, 4) is 22.6 Å². The smallest absolute Gasteiger partial charge is 0.303 e. The van der Waals surface area contributed by atoms with E-state index in [2.05, 4.69) is 0 Å². The van der Waals surface area contributed by atoms with Gasteiger partial charge in [0.15, 0.2) is 0 Å². The van der Waals surface area contributed by atoms with Crippen molar-refractivity contribution < 1.29 is 23.8 Å². The van der Waals surface area contributed by atoms with Gasteiger partial charge in [0.05, 0.1) is 13.5 Å². The lowest BCUT2D eigenvalue weighted by Crippen LogP contribution is -2.07. The van der Waals surface area contributed by atoms with Crippen molar-refractivity contribution in [2.75, 3.05) is 7.11 Å². The van der Waals surface area contributed by atoms with Gasteiger partial charge in [0.2, 0.25) is 0 Å². The van der Waals surface area contributed by atoms with Crippen LogP contribution in [-0.2, 0) is 11.4 Å². The van der Waals surface area contributed by atoms with Crippen molar-refractivity contribution in [3.63, 3.8) is 0 Å². The summed E-state index contributed by atoms with van der Waals surface area (Å²) in [5.41, 5.74) is 4.26. The number of aryl methyl sites for hydroxylation is 1. The molecule has 33 heavy (non-hydrogen) atoms. The Labute approximate surface area is 194 Å². The Morgan fingerprint density at radius 3 is 2.58 bits per heavy atom. The molecule has 0 unspecified atom stereocenters. The highest BCUT2D eigenvalue weighted by molar-refractivity contribution is 5.70. The Kier molecular flexibility index (Phi) is 6.97. The van der Waals surface area contributed by atoms with Gasteiger partial charge in [-0.25, -0.2) is 4.39 Å². The molecule has 0 aromatic heterocycles. The molecule has 0 aliphatic heterocycles. The molecule has 3 aromatic rings. The van der Waals surface area contributed by atoms with Crippen molar-refractivity contribution >= 4 is 5.97 Å². The molecule has 0 radical (unpaired) electrons. The third-order valence-corrected chi connectivity index (χ3v) is 6.23. The molecule has 0 heterocycles. The summed E-state index contributed by atoms with van der Waals surface area (Å²) in [7, 11) is 1.56. The number of halogens is 1. The lowest BCUT2D eigenvalue weighted by Gasteiger charge is -2.17. The van der Waals surface area contributed by atoms with Crippen molar-refractivity contribution in [2.45, 2.75) is 45.1 Å². The molecule has 4 nitrogen and oxygen atoms in total. The predicted octanol–water partition coefficient (Wildman–Crippen LogP) is 6.75. The molecule has 1 aliphatic rings. The Hall–Kier alpha value is -3.34. The minimum atomic E-state index is -0.769. The fraction of sp³-hybridized carbons (Fsp3) is 0.321. The number of benzene rings is 3. The van der Waals surface area contributed by atoms with Crippen LogP contribution in [0.15, 0.2) is 60.7 Å². The van der Waals surface area contributed by atoms with E-state index in [4.69, 9.17) is 9.47 Å². The first kappa shape index (κ1) is 22.8. The molecule has 1 atom stereocenters. The molecule has 0 spiro atoms. The van der Waals surface area contributed by atoms with Crippen LogP contribution in [0, 0.1) is 18.7 Å². The Balaban J connectivity index is 1.47. The summed E-state index contributed by atoms with van der Waals surface area (Å²) in [4.78, 5) is 11.3. The van der Waals surface area contributed by atoms with E-state index in [-0.39, 0.29) is 18.2 Å². The van der Waals surface area contributed by atoms with Gasteiger partial charge in [0, 0.05) is 5.56 Å². The number of hydrogen-bond donors (Lipinski definition) is 1. The Morgan fingerprint density at radius 2 is 1.88 bits per heavy atom. The van der Waals surface area contributed by atoms with Crippen LogP contribution in [0.2, 0.25) is 0 Å². The van der Waals surface area contributed by atoms with Crippen molar-refractivity contribution in [1.82, 2.24) is 0 Å². The molecule has 1 aliphatic carbocycles. The standard InChI is InChI=1S/C28H29FO4/c1-18-12-20(8-10-25(18)26-16-23(32-2)9-11-27(26)29)17-33-24-5-3-4-21(14-24)22(15-28(30)31)13-19-6-7-19/h3-5,8-12,14,16,19,22H,6-7,13,15,17H2,1-2H3,(H,30,31)/t22-/m0/s1. The summed E-state index contributed by atoms with van der Waals surface area (Å²) in [6.45, 7) is 2.32. The lowest BCUT2D eigenvalue weighted by atomic mass is 9.90. The molecule has 0 bridgehead atoms. The maximum Gasteiger partial charge on any atom is 0.303 e. The van der Waals surface area contributed by atoms with Gasteiger partial charge in [-0.05, 0) is 77.8 Å². The predicted molar refractivity (Wildman–Crippen MR) is 126 cm³/mol. The summed E-state index contributed by atoms with van der Waals surface area (Å²) in [6, 6.07) is 18.3. The second-order valence-electron chi connectivity index (χ2n) is 8.83. The zero-order chi connectivity index (χ0) is 23.4. The van der Waals surface area contributed by atoms with E-state index < -0.39 is 5.97 Å². The molecular formula is C28H29FO4. The first-order chi connectivity index (χ1) is 15.9. The van der Waals surface area contributed by atoms with Crippen LogP contribution in [0.3, 0.4) is 0 Å². The van der Waals surface area contributed by atoms with Gasteiger partial charge in [-0.2, -0.15) is 0 Å². The van der Waals surface area contributed by atoms with Gasteiger partial charge in [0.1, 0.15) is 23.9 Å². The zero-order valence-electron chi connectivity index (χ0n) is 19.0. The highest BCUT2D eigenvalue weighted by Crippen LogP contribution is 2.40. The Bertz CT molecular complexity index is 1140. The van der Waals surface area contributed by atoms with Gasteiger partial charge in [-0.15, -0.1) is 0 Å².